The monoisotopic (exact) mass is 350 g/mol. The summed E-state index contributed by atoms with van der Waals surface area (Å²) in [5.41, 5.74) is 6.80. The fourth-order valence-electron chi connectivity index (χ4n) is 4.02. The highest BCUT2D eigenvalue weighted by Gasteiger charge is 2.25. The van der Waals surface area contributed by atoms with Crippen LogP contribution in [-0.4, -0.2) is 44.3 Å². The van der Waals surface area contributed by atoms with Gasteiger partial charge in [0, 0.05) is 29.6 Å². The van der Waals surface area contributed by atoms with Crippen molar-refractivity contribution in [2.24, 2.45) is 0 Å². The Kier molecular flexibility index (Phi) is 4.37. The molecule has 0 bridgehead atoms. The molecule has 1 heterocycles. The van der Waals surface area contributed by atoms with Crippen molar-refractivity contribution in [1.29, 1.82) is 0 Å². The van der Waals surface area contributed by atoms with Gasteiger partial charge in [-0.2, -0.15) is 0 Å². The standard InChI is InChI=1S/C22H26N2O2/c1-23(2)11-12-24-21-10-7-17(26-4)14-20(21)19-8-5-15-13-16(25-3)6-9-18(15)22(19)24/h6-7,9-10,13-14H,5,8,11-12H2,1-4H3. The van der Waals surface area contributed by atoms with Crippen LogP contribution in [0.15, 0.2) is 36.4 Å². The predicted octanol–water partition coefficient (Wildman–Crippen LogP) is 3.99. The van der Waals surface area contributed by atoms with Crippen molar-refractivity contribution in [3.63, 3.8) is 0 Å². The molecule has 4 nitrogen and oxygen atoms in total. The van der Waals surface area contributed by atoms with Crippen LogP contribution in [0.2, 0.25) is 0 Å². The SMILES string of the molecule is COc1ccc2c(c1)CCc1c-2n(CCN(C)C)c2ccc(OC)cc12. The van der Waals surface area contributed by atoms with Crippen molar-refractivity contribution < 1.29 is 9.47 Å². The minimum absolute atomic E-state index is 0.922. The third-order valence-electron chi connectivity index (χ3n) is 5.36. The highest BCUT2D eigenvalue weighted by atomic mass is 16.5. The summed E-state index contributed by atoms with van der Waals surface area (Å²) in [5, 5.41) is 1.32. The highest BCUT2D eigenvalue weighted by molar-refractivity contribution is 5.94. The van der Waals surface area contributed by atoms with E-state index in [0.717, 1.165) is 37.4 Å². The molecule has 4 rings (SSSR count). The molecule has 26 heavy (non-hydrogen) atoms. The Bertz CT molecular complexity index is 956. The first-order valence-electron chi connectivity index (χ1n) is 9.13. The van der Waals surface area contributed by atoms with Crippen LogP contribution < -0.4 is 9.47 Å². The summed E-state index contributed by atoms with van der Waals surface area (Å²) in [6.07, 6.45) is 2.09. The van der Waals surface area contributed by atoms with Crippen LogP contribution in [0.3, 0.4) is 0 Å². The summed E-state index contributed by atoms with van der Waals surface area (Å²) in [7, 11) is 7.72. The fraction of sp³-hybridized carbons (Fsp3) is 0.364. The zero-order valence-corrected chi connectivity index (χ0v) is 16.0. The average Bonchev–Trinajstić information content (AvgIpc) is 2.98. The molecule has 0 saturated heterocycles. The Morgan fingerprint density at radius 3 is 2.42 bits per heavy atom. The van der Waals surface area contributed by atoms with E-state index in [2.05, 4.69) is 60.0 Å². The number of fused-ring (bicyclic) bond motifs is 5. The Morgan fingerprint density at radius 1 is 0.962 bits per heavy atom. The van der Waals surface area contributed by atoms with E-state index in [1.54, 1.807) is 14.2 Å². The maximum absolute atomic E-state index is 5.49. The molecule has 0 amide bonds. The maximum atomic E-state index is 5.49. The predicted molar refractivity (Wildman–Crippen MR) is 106 cm³/mol. The Hall–Kier alpha value is -2.46. The van der Waals surface area contributed by atoms with Crippen LogP contribution >= 0.6 is 0 Å². The molecule has 1 aliphatic carbocycles. The fourth-order valence-corrected chi connectivity index (χ4v) is 4.02. The van der Waals surface area contributed by atoms with Crippen LogP contribution in [-0.2, 0) is 19.4 Å². The molecule has 0 atom stereocenters. The molecule has 136 valence electrons. The van der Waals surface area contributed by atoms with Gasteiger partial charge in [0.05, 0.1) is 19.9 Å². The molecule has 1 aromatic heterocycles. The van der Waals surface area contributed by atoms with E-state index >= 15 is 0 Å². The Balaban J connectivity index is 1.95. The van der Waals surface area contributed by atoms with Gasteiger partial charge in [0.25, 0.3) is 0 Å². The molecule has 3 aromatic rings. The summed E-state index contributed by atoms with van der Waals surface area (Å²) in [6.45, 7) is 1.98. The number of aryl methyl sites for hydroxylation is 2. The van der Waals surface area contributed by atoms with Crippen molar-refractivity contribution in [1.82, 2.24) is 9.47 Å². The second kappa shape index (κ2) is 6.69. The number of rotatable bonds is 5. The van der Waals surface area contributed by atoms with Gasteiger partial charge in [-0.25, -0.2) is 0 Å². The molecule has 0 N–H and O–H groups in total. The Morgan fingerprint density at radius 2 is 1.69 bits per heavy atom. The van der Waals surface area contributed by atoms with Crippen molar-refractivity contribution in [2.45, 2.75) is 19.4 Å². The van der Waals surface area contributed by atoms with Crippen LogP contribution in [0.1, 0.15) is 11.1 Å². The molecular weight excluding hydrogens is 324 g/mol. The highest BCUT2D eigenvalue weighted by Crippen LogP contribution is 2.42. The lowest BCUT2D eigenvalue weighted by atomic mass is 9.88. The third kappa shape index (κ3) is 2.74. The number of hydrogen-bond donors (Lipinski definition) is 0. The normalized spacial score (nSPS) is 13.0. The van der Waals surface area contributed by atoms with Crippen molar-refractivity contribution in [2.75, 3.05) is 34.9 Å². The second-order valence-corrected chi connectivity index (χ2v) is 7.19. The molecule has 0 fully saturated rings. The molecule has 0 radical (unpaired) electrons. The minimum Gasteiger partial charge on any atom is -0.497 e. The molecule has 0 saturated carbocycles. The lowest BCUT2D eigenvalue weighted by Gasteiger charge is -2.21. The first-order valence-corrected chi connectivity index (χ1v) is 9.13. The van der Waals surface area contributed by atoms with Crippen LogP contribution in [0.5, 0.6) is 11.5 Å². The number of methoxy groups -OCH3 is 2. The minimum atomic E-state index is 0.922. The van der Waals surface area contributed by atoms with E-state index < -0.39 is 0 Å². The van der Waals surface area contributed by atoms with E-state index in [1.807, 2.05) is 0 Å². The van der Waals surface area contributed by atoms with Gasteiger partial charge in [-0.3, -0.25) is 0 Å². The number of nitrogens with zero attached hydrogens (tertiary/aromatic N) is 2. The number of ether oxygens (including phenoxy) is 2. The number of likely N-dealkylation sites (N-methyl/N-ethyl adjacent to an activating group) is 1. The number of aromatic nitrogens is 1. The van der Waals surface area contributed by atoms with Gasteiger partial charge in [-0.05, 0) is 74.5 Å². The lowest BCUT2D eigenvalue weighted by Crippen LogP contribution is -2.19. The van der Waals surface area contributed by atoms with E-state index in [0.29, 0.717) is 0 Å². The summed E-state index contributed by atoms with van der Waals surface area (Å²) in [5.74, 6) is 1.86. The van der Waals surface area contributed by atoms with Gasteiger partial charge in [0.15, 0.2) is 0 Å². The molecule has 2 aromatic carbocycles. The quantitative estimate of drug-likeness (QED) is 0.696. The summed E-state index contributed by atoms with van der Waals surface area (Å²) >= 11 is 0. The molecule has 1 aliphatic rings. The molecule has 0 unspecified atom stereocenters. The van der Waals surface area contributed by atoms with Crippen LogP contribution in [0, 0.1) is 0 Å². The number of hydrogen-bond acceptors (Lipinski definition) is 3. The largest absolute Gasteiger partial charge is 0.497 e. The molecule has 4 heteroatoms. The molecule has 0 aliphatic heterocycles. The van der Waals surface area contributed by atoms with E-state index in [1.165, 1.54) is 33.3 Å². The van der Waals surface area contributed by atoms with Gasteiger partial charge >= 0.3 is 0 Å². The molecule has 0 spiro atoms. The first-order chi connectivity index (χ1) is 12.6. The first kappa shape index (κ1) is 17.0. The maximum Gasteiger partial charge on any atom is 0.119 e. The van der Waals surface area contributed by atoms with Crippen molar-refractivity contribution in [3.05, 3.63) is 47.5 Å². The zero-order chi connectivity index (χ0) is 18.3. The number of benzene rings is 2. The van der Waals surface area contributed by atoms with Gasteiger partial charge in [0.2, 0.25) is 0 Å². The van der Waals surface area contributed by atoms with Crippen LogP contribution in [0.4, 0.5) is 0 Å². The Labute approximate surface area is 154 Å². The van der Waals surface area contributed by atoms with Gasteiger partial charge in [-0.15, -0.1) is 0 Å². The van der Waals surface area contributed by atoms with Gasteiger partial charge in [-0.1, -0.05) is 0 Å². The van der Waals surface area contributed by atoms with Gasteiger partial charge < -0.3 is 18.9 Å². The van der Waals surface area contributed by atoms with Crippen LogP contribution in [0.25, 0.3) is 22.2 Å². The topological polar surface area (TPSA) is 26.6 Å². The van der Waals surface area contributed by atoms with Crippen molar-refractivity contribution in [3.8, 4) is 22.8 Å². The summed E-state index contributed by atoms with van der Waals surface area (Å²) in [4.78, 5) is 2.24. The zero-order valence-electron chi connectivity index (χ0n) is 16.0. The van der Waals surface area contributed by atoms with E-state index in [-0.39, 0.29) is 0 Å². The second-order valence-electron chi connectivity index (χ2n) is 7.19. The van der Waals surface area contributed by atoms with E-state index in [4.69, 9.17) is 9.47 Å². The smallest absolute Gasteiger partial charge is 0.119 e. The van der Waals surface area contributed by atoms with E-state index in [9.17, 15) is 0 Å². The molecular formula is C22H26N2O2. The third-order valence-corrected chi connectivity index (χ3v) is 5.36. The lowest BCUT2D eigenvalue weighted by molar-refractivity contribution is 0.387. The van der Waals surface area contributed by atoms with Crippen molar-refractivity contribution >= 4 is 10.9 Å². The summed E-state index contributed by atoms with van der Waals surface area (Å²) < 4.78 is 13.4. The average molecular weight is 350 g/mol. The summed E-state index contributed by atoms with van der Waals surface area (Å²) in [6, 6.07) is 12.9. The van der Waals surface area contributed by atoms with Gasteiger partial charge in [0.1, 0.15) is 11.5 Å².